The zero-order valence-corrected chi connectivity index (χ0v) is 10.1. The van der Waals surface area contributed by atoms with Gasteiger partial charge in [-0.15, -0.1) is 10.2 Å². The van der Waals surface area contributed by atoms with Crippen molar-refractivity contribution in [1.82, 2.24) is 24.5 Å². The molecule has 0 atom stereocenters. The van der Waals surface area contributed by atoms with E-state index in [1.165, 1.54) is 0 Å². The topological polar surface area (TPSA) is 86.6 Å². The standard InChI is InChI=1S/C10H17N7/c1-3-12-10-15-14-9(17(10)4-2)7-16-6-8(11)5-13-16/h5-6H,3-4,7,11H2,1-2H3,(H,12,15). The van der Waals surface area contributed by atoms with Gasteiger partial charge in [0.2, 0.25) is 5.95 Å². The molecule has 7 heteroatoms. The second kappa shape index (κ2) is 4.86. The first-order chi connectivity index (χ1) is 8.24. The van der Waals surface area contributed by atoms with E-state index in [1.807, 2.05) is 11.5 Å². The van der Waals surface area contributed by atoms with Crippen molar-refractivity contribution in [2.75, 3.05) is 17.6 Å². The van der Waals surface area contributed by atoms with E-state index in [1.54, 1.807) is 17.1 Å². The Hall–Kier alpha value is -2.05. The molecule has 0 aliphatic carbocycles. The normalized spacial score (nSPS) is 10.7. The fourth-order valence-corrected chi connectivity index (χ4v) is 1.68. The van der Waals surface area contributed by atoms with E-state index in [0.29, 0.717) is 12.2 Å². The summed E-state index contributed by atoms with van der Waals surface area (Å²) >= 11 is 0. The lowest BCUT2D eigenvalue weighted by Crippen LogP contribution is -2.11. The lowest BCUT2D eigenvalue weighted by molar-refractivity contribution is 0.608. The smallest absolute Gasteiger partial charge is 0.224 e. The average molecular weight is 235 g/mol. The van der Waals surface area contributed by atoms with Crippen LogP contribution >= 0.6 is 0 Å². The van der Waals surface area contributed by atoms with E-state index >= 15 is 0 Å². The summed E-state index contributed by atoms with van der Waals surface area (Å²) in [6, 6.07) is 0. The predicted octanol–water partition coefficient (Wildman–Crippen LogP) is 0.557. The Kier molecular flexibility index (Phi) is 3.27. The Morgan fingerprint density at radius 1 is 1.35 bits per heavy atom. The van der Waals surface area contributed by atoms with E-state index < -0.39 is 0 Å². The monoisotopic (exact) mass is 235 g/mol. The third kappa shape index (κ3) is 2.38. The molecule has 92 valence electrons. The highest BCUT2D eigenvalue weighted by molar-refractivity contribution is 5.31. The maximum absolute atomic E-state index is 5.62. The third-order valence-electron chi connectivity index (χ3n) is 2.44. The molecule has 0 fully saturated rings. The fraction of sp³-hybridized carbons (Fsp3) is 0.500. The molecule has 0 radical (unpaired) electrons. The number of nitrogen functional groups attached to an aromatic ring is 1. The number of hydrogen-bond acceptors (Lipinski definition) is 5. The van der Waals surface area contributed by atoms with Gasteiger partial charge in [-0.05, 0) is 13.8 Å². The lowest BCUT2D eigenvalue weighted by atomic mass is 10.5. The number of aromatic nitrogens is 5. The minimum Gasteiger partial charge on any atom is -0.396 e. The van der Waals surface area contributed by atoms with Crippen molar-refractivity contribution in [3.63, 3.8) is 0 Å². The summed E-state index contributed by atoms with van der Waals surface area (Å²) in [5, 5.41) is 15.6. The highest BCUT2D eigenvalue weighted by Crippen LogP contribution is 2.09. The molecule has 2 rings (SSSR count). The molecule has 2 aromatic heterocycles. The molecule has 0 unspecified atom stereocenters. The van der Waals surface area contributed by atoms with Gasteiger partial charge >= 0.3 is 0 Å². The molecule has 0 spiro atoms. The Labute approximate surface area is 99.6 Å². The number of nitrogens with two attached hydrogens (primary N) is 1. The molecule has 0 aliphatic heterocycles. The van der Waals surface area contributed by atoms with E-state index in [-0.39, 0.29) is 0 Å². The van der Waals surface area contributed by atoms with Crippen molar-refractivity contribution in [2.24, 2.45) is 0 Å². The zero-order chi connectivity index (χ0) is 12.3. The molecule has 0 saturated heterocycles. The predicted molar refractivity (Wildman–Crippen MR) is 65.6 cm³/mol. The minimum absolute atomic E-state index is 0.573. The molecule has 3 N–H and O–H groups in total. The van der Waals surface area contributed by atoms with Crippen LogP contribution in [0.1, 0.15) is 19.7 Å². The Balaban J connectivity index is 2.20. The van der Waals surface area contributed by atoms with Gasteiger partial charge in [0.15, 0.2) is 5.82 Å². The quantitative estimate of drug-likeness (QED) is 0.790. The minimum atomic E-state index is 0.573. The lowest BCUT2D eigenvalue weighted by Gasteiger charge is -2.07. The van der Waals surface area contributed by atoms with Crippen LogP contribution < -0.4 is 11.1 Å². The van der Waals surface area contributed by atoms with Crippen LogP contribution in [-0.4, -0.2) is 31.1 Å². The maximum Gasteiger partial charge on any atom is 0.224 e. The number of anilines is 2. The SMILES string of the molecule is CCNc1nnc(Cn2cc(N)cn2)n1CC. The zero-order valence-electron chi connectivity index (χ0n) is 10.1. The molecule has 0 aromatic carbocycles. The van der Waals surface area contributed by atoms with Crippen LogP contribution in [0.15, 0.2) is 12.4 Å². The molecule has 2 heterocycles. The highest BCUT2D eigenvalue weighted by atomic mass is 15.4. The largest absolute Gasteiger partial charge is 0.396 e. The molecule has 17 heavy (non-hydrogen) atoms. The Morgan fingerprint density at radius 3 is 2.76 bits per heavy atom. The van der Waals surface area contributed by atoms with Crippen LogP contribution in [0.2, 0.25) is 0 Å². The number of rotatable bonds is 5. The van der Waals surface area contributed by atoms with Crippen molar-refractivity contribution in [3.05, 3.63) is 18.2 Å². The summed E-state index contributed by atoms with van der Waals surface area (Å²) < 4.78 is 3.78. The van der Waals surface area contributed by atoms with Gasteiger partial charge in [-0.3, -0.25) is 9.25 Å². The molecular weight excluding hydrogens is 218 g/mol. The Morgan fingerprint density at radius 2 is 2.18 bits per heavy atom. The van der Waals surface area contributed by atoms with Crippen LogP contribution in [0.3, 0.4) is 0 Å². The summed E-state index contributed by atoms with van der Waals surface area (Å²) in [7, 11) is 0. The first kappa shape index (κ1) is 11.4. The van der Waals surface area contributed by atoms with E-state index in [2.05, 4.69) is 27.5 Å². The number of nitrogens with one attached hydrogen (secondary N) is 1. The van der Waals surface area contributed by atoms with Crippen LogP contribution in [0, 0.1) is 0 Å². The summed E-state index contributed by atoms with van der Waals surface area (Å²) in [4.78, 5) is 0. The first-order valence-corrected chi connectivity index (χ1v) is 5.68. The first-order valence-electron chi connectivity index (χ1n) is 5.68. The second-order valence-electron chi connectivity index (χ2n) is 3.69. The van der Waals surface area contributed by atoms with Gasteiger partial charge in [-0.25, -0.2) is 0 Å². The maximum atomic E-state index is 5.62. The van der Waals surface area contributed by atoms with Crippen LogP contribution in [0.25, 0.3) is 0 Å². The van der Waals surface area contributed by atoms with Crippen molar-refractivity contribution in [2.45, 2.75) is 26.9 Å². The average Bonchev–Trinajstić information content (AvgIpc) is 2.87. The van der Waals surface area contributed by atoms with E-state index in [9.17, 15) is 0 Å². The van der Waals surface area contributed by atoms with Gasteiger partial charge in [-0.1, -0.05) is 0 Å². The van der Waals surface area contributed by atoms with Crippen molar-refractivity contribution < 1.29 is 0 Å². The van der Waals surface area contributed by atoms with Gasteiger partial charge in [0, 0.05) is 19.3 Å². The van der Waals surface area contributed by atoms with E-state index in [0.717, 1.165) is 24.9 Å². The molecule has 0 bridgehead atoms. The van der Waals surface area contributed by atoms with Crippen LogP contribution in [0.4, 0.5) is 11.6 Å². The summed E-state index contributed by atoms with van der Waals surface area (Å²) in [6.07, 6.45) is 3.40. The van der Waals surface area contributed by atoms with Gasteiger partial charge in [0.25, 0.3) is 0 Å². The second-order valence-corrected chi connectivity index (χ2v) is 3.69. The summed E-state index contributed by atoms with van der Waals surface area (Å²) in [5.74, 6) is 1.66. The van der Waals surface area contributed by atoms with E-state index in [4.69, 9.17) is 5.73 Å². The van der Waals surface area contributed by atoms with Crippen LogP contribution in [-0.2, 0) is 13.1 Å². The van der Waals surface area contributed by atoms with Gasteiger partial charge in [-0.2, -0.15) is 5.10 Å². The highest BCUT2D eigenvalue weighted by Gasteiger charge is 2.10. The number of nitrogens with zero attached hydrogens (tertiary/aromatic N) is 5. The summed E-state index contributed by atoms with van der Waals surface area (Å²) in [5.41, 5.74) is 6.27. The molecule has 0 aliphatic rings. The summed E-state index contributed by atoms with van der Waals surface area (Å²) in [6.45, 7) is 6.31. The van der Waals surface area contributed by atoms with Gasteiger partial charge < -0.3 is 11.1 Å². The van der Waals surface area contributed by atoms with Gasteiger partial charge in [0.05, 0.1) is 11.9 Å². The number of hydrogen-bond donors (Lipinski definition) is 2. The molecule has 0 amide bonds. The van der Waals surface area contributed by atoms with Gasteiger partial charge in [0.1, 0.15) is 6.54 Å². The third-order valence-corrected chi connectivity index (χ3v) is 2.44. The molecule has 0 saturated carbocycles. The van der Waals surface area contributed by atoms with Crippen molar-refractivity contribution in [1.29, 1.82) is 0 Å². The van der Waals surface area contributed by atoms with Crippen molar-refractivity contribution in [3.8, 4) is 0 Å². The fourth-order valence-electron chi connectivity index (χ4n) is 1.68. The molecule has 7 nitrogen and oxygen atoms in total. The van der Waals surface area contributed by atoms with Crippen molar-refractivity contribution >= 4 is 11.6 Å². The van der Waals surface area contributed by atoms with Crippen LogP contribution in [0.5, 0.6) is 0 Å². The molecular formula is C10H17N7. The Bertz CT molecular complexity index is 485. The molecule has 2 aromatic rings.